The summed E-state index contributed by atoms with van der Waals surface area (Å²) in [4.78, 5) is 30.7. The number of hydrogen-bond donors (Lipinski definition) is 1. The number of hydrogen-bond acceptors (Lipinski definition) is 5. The predicted molar refractivity (Wildman–Crippen MR) is 109 cm³/mol. The van der Waals surface area contributed by atoms with E-state index in [0.717, 1.165) is 30.2 Å². The summed E-state index contributed by atoms with van der Waals surface area (Å²) in [5.41, 5.74) is 3.27. The summed E-state index contributed by atoms with van der Waals surface area (Å²) in [5.74, 6) is 0.770. The quantitative estimate of drug-likeness (QED) is 0.883. The molecule has 1 fully saturated rings. The molecular weight excluding hydrogens is 356 g/mol. The molecule has 7 heteroatoms. The van der Waals surface area contributed by atoms with Crippen LogP contribution in [0.15, 0.2) is 42.5 Å². The van der Waals surface area contributed by atoms with Gasteiger partial charge >= 0.3 is 0 Å². The highest BCUT2D eigenvalue weighted by molar-refractivity contribution is 6.04. The summed E-state index contributed by atoms with van der Waals surface area (Å²) >= 11 is 0. The number of benzene rings is 2. The van der Waals surface area contributed by atoms with Crippen molar-refractivity contribution >= 4 is 28.9 Å². The molecule has 0 radical (unpaired) electrons. The van der Waals surface area contributed by atoms with Crippen molar-refractivity contribution in [1.82, 2.24) is 4.90 Å². The van der Waals surface area contributed by atoms with Crippen molar-refractivity contribution in [3.05, 3.63) is 48.0 Å². The molecule has 7 nitrogen and oxygen atoms in total. The average Bonchev–Trinajstić information content (AvgIpc) is 2.72. The SMILES string of the molecule is COc1ccccc1N1CCN(C(=O)c2ccc3c(c2)NC(=O)CN3C)CC1. The molecule has 0 aromatic heterocycles. The summed E-state index contributed by atoms with van der Waals surface area (Å²) in [6.07, 6.45) is 0. The Morgan fingerprint density at radius 1 is 1.04 bits per heavy atom. The maximum absolute atomic E-state index is 13.0. The van der Waals surface area contributed by atoms with Gasteiger partial charge in [0.15, 0.2) is 0 Å². The number of para-hydroxylation sites is 2. The number of nitrogens with one attached hydrogen (secondary N) is 1. The van der Waals surface area contributed by atoms with Crippen LogP contribution in [0.3, 0.4) is 0 Å². The van der Waals surface area contributed by atoms with Crippen LogP contribution in [0.4, 0.5) is 17.1 Å². The molecule has 4 rings (SSSR count). The van der Waals surface area contributed by atoms with E-state index in [9.17, 15) is 9.59 Å². The second-order valence-electron chi connectivity index (χ2n) is 7.09. The van der Waals surface area contributed by atoms with Gasteiger partial charge in [0, 0.05) is 38.8 Å². The largest absolute Gasteiger partial charge is 0.495 e. The Hall–Kier alpha value is -3.22. The number of likely N-dealkylation sites (N-methyl/N-ethyl adjacent to an activating group) is 1. The molecule has 0 aliphatic carbocycles. The van der Waals surface area contributed by atoms with E-state index in [4.69, 9.17) is 4.74 Å². The first-order valence-corrected chi connectivity index (χ1v) is 9.39. The summed E-state index contributed by atoms with van der Waals surface area (Å²) in [6, 6.07) is 13.4. The number of methoxy groups -OCH3 is 1. The third kappa shape index (κ3) is 3.35. The van der Waals surface area contributed by atoms with Gasteiger partial charge in [-0.3, -0.25) is 9.59 Å². The standard InChI is InChI=1S/C21H24N4O3/c1-23-14-20(26)22-16-13-15(7-8-17(16)23)21(27)25-11-9-24(10-12-25)18-5-3-4-6-19(18)28-2/h3-8,13H,9-12,14H2,1-2H3,(H,22,26). The molecule has 1 N–H and O–H groups in total. The van der Waals surface area contributed by atoms with E-state index in [1.165, 1.54) is 0 Å². The van der Waals surface area contributed by atoms with Crippen molar-refractivity contribution in [3.63, 3.8) is 0 Å². The van der Waals surface area contributed by atoms with Gasteiger partial charge in [-0.25, -0.2) is 0 Å². The van der Waals surface area contributed by atoms with Crippen LogP contribution in [0, 0.1) is 0 Å². The first kappa shape index (κ1) is 18.2. The highest BCUT2D eigenvalue weighted by Gasteiger charge is 2.25. The minimum absolute atomic E-state index is 0.00930. The van der Waals surface area contributed by atoms with Crippen molar-refractivity contribution < 1.29 is 14.3 Å². The lowest BCUT2D eigenvalue weighted by atomic mass is 10.1. The van der Waals surface area contributed by atoms with Crippen molar-refractivity contribution in [3.8, 4) is 5.75 Å². The molecule has 0 spiro atoms. The molecular formula is C21H24N4O3. The molecule has 0 unspecified atom stereocenters. The van der Waals surface area contributed by atoms with E-state index in [1.807, 2.05) is 53.2 Å². The molecule has 28 heavy (non-hydrogen) atoms. The first-order chi connectivity index (χ1) is 13.6. The van der Waals surface area contributed by atoms with E-state index >= 15 is 0 Å². The van der Waals surface area contributed by atoms with E-state index in [1.54, 1.807) is 13.2 Å². The molecule has 2 aromatic rings. The Bertz CT molecular complexity index is 906. The zero-order valence-electron chi connectivity index (χ0n) is 16.1. The number of rotatable bonds is 3. The minimum Gasteiger partial charge on any atom is -0.495 e. The number of fused-ring (bicyclic) bond motifs is 1. The number of nitrogens with zero attached hydrogens (tertiary/aromatic N) is 3. The Labute approximate surface area is 164 Å². The van der Waals surface area contributed by atoms with Gasteiger partial charge in [0.2, 0.25) is 5.91 Å². The van der Waals surface area contributed by atoms with E-state index in [0.29, 0.717) is 30.9 Å². The Morgan fingerprint density at radius 3 is 2.54 bits per heavy atom. The van der Waals surface area contributed by atoms with Gasteiger partial charge in [-0.2, -0.15) is 0 Å². The highest BCUT2D eigenvalue weighted by atomic mass is 16.5. The lowest BCUT2D eigenvalue weighted by Crippen LogP contribution is -2.49. The van der Waals surface area contributed by atoms with Gasteiger partial charge in [0.1, 0.15) is 5.75 Å². The van der Waals surface area contributed by atoms with Crippen LogP contribution in [0.1, 0.15) is 10.4 Å². The number of amides is 2. The summed E-state index contributed by atoms with van der Waals surface area (Å²) in [6.45, 7) is 3.10. The van der Waals surface area contributed by atoms with Gasteiger partial charge in [0.05, 0.1) is 30.7 Å². The maximum atomic E-state index is 13.0. The van der Waals surface area contributed by atoms with Crippen LogP contribution in [0.2, 0.25) is 0 Å². The number of ether oxygens (including phenoxy) is 1. The third-order valence-corrected chi connectivity index (χ3v) is 5.30. The molecule has 2 aliphatic heterocycles. The normalized spacial score (nSPS) is 16.5. The second-order valence-corrected chi connectivity index (χ2v) is 7.09. The van der Waals surface area contributed by atoms with Gasteiger partial charge in [-0.1, -0.05) is 12.1 Å². The van der Waals surface area contributed by atoms with Crippen LogP contribution >= 0.6 is 0 Å². The smallest absolute Gasteiger partial charge is 0.254 e. The Balaban J connectivity index is 1.46. The third-order valence-electron chi connectivity index (χ3n) is 5.30. The van der Waals surface area contributed by atoms with Crippen LogP contribution < -0.4 is 19.9 Å². The van der Waals surface area contributed by atoms with Crippen LogP contribution in [0.5, 0.6) is 5.75 Å². The molecule has 1 saturated heterocycles. The summed E-state index contributed by atoms with van der Waals surface area (Å²) in [7, 11) is 3.54. The first-order valence-electron chi connectivity index (χ1n) is 9.39. The predicted octanol–water partition coefficient (Wildman–Crippen LogP) is 2.05. The molecule has 2 aromatic carbocycles. The van der Waals surface area contributed by atoms with Crippen LogP contribution in [0.25, 0.3) is 0 Å². The monoisotopic (exact) mass is 380 g/mol. The van der Waals surface area contributed by atoms with Crippen molar-refractivity contribution in [1.29, 1.82) is 0 Å². The van der Waals surface area contributed by atoms with Crippen LogP contribution in [-0.2, 0) is 4.79 Å². The van der Waals surface area contributed by atoms with Gasteiger partial charge in [0.25, 0.3) is 5.91 Å². The fraction of sp³-hybridized carbons (Fsp3) is 0.333. The average molecular weight is 380 g/mol. The second kappa shape index (κ2) is 7.42. The molecule has 0 atom stereocenters. The molecule has 2 aliphatic rings. The molecule has 2 amide bonds. The molecule has 146 valence electrons. The van der Waals surface area contributed by atoms with Gasteiger partial charge in [-0.05, 0) is 30.3 Å². The van der Waals surface area contributed by atoms with E-state index in [-0.39, 0.29) is 11.8 Å². The number of carbonyl (C=O) groups is 2. The van der Waals surface area contributed by atoms with Crippen LogP contribution in [-0.4, -0.2) is 63.6 Å². The minimum atomic E-state index is -0.0648. The lowest BCUT2D eigenvalue weighted by Gasteiger charge is -2.37. The van der Waals surface area contributed by atoms with Crippen molar-refractivity contribution in [2.24, 2.45) is 0 Å². The summed E-state index contributed by atoms with van der Waals surface area (Å²) < 4.78 is 5.45. The number of anilines is 3. The topological polar surface area (TPSA) is 65.1 Å². The van der Waals surface area contributed by atoms with Gasteiger partial charge < -0.3 is 24.8 Å². The molecule has 2 heterocycles. The van der Waals surface area contributed by atoms with Crippen molar-refractivity contribution in [2.75, 3.05) is 62.0 Å². The maximum Gasteiger partial charge on any atom is 0.254 e. The lowest BCUT2D eigenvalue weighted by molar-refractivity contribution is -0.115. The number of piperazine rings is 1. The zero-order chi connectivity index (χ0) is 19.7. The van der Waals surface area contributed by atoms with Crippen molar-refractivity contribution in [2.45, 2.75) is 0 Å². The fourth-order valence-corrected chi connectivity index (χ4v) is 3.82. The van der Waals surface area contributed by atoms with E-state index in [2.05, 4.69) is 10.2 Å². The molecule has 0 saturated carbocycles. The zero-order valence-corrected chi connectivity index (χ0v) is 16.1. The number of carbonyl (C=O) groups excluding carboxylic acids is 2. The fourth-order valence-electron chi connectivity index (χ4n) is 3.82. The summed E-state index contributed by atoms with van der Waals surface area (Å²) in [5, 5.41) is 2.86. The van der Waals surface area contributed by atoms with Gasteiger partial charge in [-0.15, -0.1) is 0 Å². The Morgan fingerprint density at radius 2 is 1.79 bits per heavy atom. The molecule has 0 bridgehead atoms. The Kier molecular flexibility index (Phi) is 4.81. The van der Waals surface area contributed by atoms with E-state index < -0.39 is 0 Å². The highest BCUT2D eigenvalue weighted by Crippen LogP contribution is 2.31.